The highest BCUT2D eigenvalue weighted by Gasteiger charge is 2.46. The number of aromatic nitrogens is 3. The number of aromatic carboxylic acids is 1. The molecule has 0 amide bonds. The molecule has 0 bridgehead atoms. The molecule has 1 saturated carbocycles. The van der Waals surface area contributed by atoms with Gasteiger partial charge in [-0.2, -0.15) is 5.10 Å². The number of H-pyrrole nitrogens is 1. The van der Waals surface area contributed by atoms with E-state index in [0.717, 1.165) is 12.8 Å². The highest BCUT2D eigenvalue weighted by molar-refractivity contribution is 6.07. The number of nitrogens with zero attached hydrogens (tertiary/aromatic N) is 2. The summed E-state index contributed by atoms with van der Waals surface area (Å²) in [5.74, 6) is -2.04. The summed E-state index contributed by atoms with van der Waals surface area (Å²) in [6, 6.07) is 12.4. The van der Waals surface area contributed by atoms with Crippen LogP contribution in [0.4, 0.5) is 8.78 Å². The first-order valence-corrected chi connectivity index (χ1v) is 12.8. The predicted molar refractivity (Wildman–Crippen MR) is 143 cm³/mol. The second-order valence-electron chi connectivity index (χ2n) is 10.2. The van der Waals surface area contributed by atoms with Gasteiger partial charge in [-0.3, -0.25) is 5.10 Å². The topological polar surface area (TPSA) is 100 Å². The van der Waals surface area contributed by atoms with Crippen LogP contribution in [0.25, 0.3) is 38.6 Å². The summed E-state index contributed by atoms with van der Waals surface area (Å²) in [6.45, 7) is 1.68. The fraction of sp³-hybridized carbons (Fsp3) is 0.267. The summed E-state index contributed by atoms with van der Waals surface area (Å²) in [7, 11) is 1.55. The lowest BCUT2D eigenvalue weighted by atomic mass is 9.77. The highest BCUT2D eigenvalue weighted by atomic mass is 19.1. The number of halogens is 2. The molecule has 2 aromatic heterocycles. The zero-order chi connectivity index (χ0) is 27.5. The molecule has 0 aliphatic heterocycles. The molecule has 1 aliphatic carbocycles. The number of fused-ring (bicyclic) bond motifs is 2. The molecule has 9 heteroatoms. The van der Waals surface area contributed by atoms with Crippen molar-refractivity contribution in [1.82, 2.24) is 14.8 Å². The van der Waals surface area contributed by atoms with Gasteiger partial charge in [-0.05, 0) is 73.7 Å². The van der Waals surface area contributed by atoms with Gasteiger partial charge < -0.3 is 19.5 Å². The van der Waals surface area contributed by atoms with E-state index in [-0.39, 0.29) is 16.5 Å². The molecule has 3 aromatic carbocycles. The van der Waals surface area contributed by atoms with Crippen molar-refractivity contribution in [2.75, 3.05) is 7.11 Å². The van der Waals surface area contributed by atoms with Crippen LogP contribution in [0, 0.1) is 18.6 Å². The van der Waals surface area contributed by atoms with Crippen LogP contribution in [0.1, 0.15) is 47.3 Å². The number of aromatic amines is 1. The standard InChI is InChI=1S/C30H27F2N3O4/c1-16-13-17(6-11-21(16)29(36)37)24-25-22(14-18-15-33-34-27(18)26(25)32)35(20-9-7-19(31)8-10-20)28(24)30(38)12-4-3-5-23(30)39-2/h6-11,13-15,23,38H,3-5,12H2,1-2H3,(H,33,34)(H,36,37)/t23-,30?/m0/s1. The molecule has 1 fully saturated rings. The third-order valence-electron chi connectivity index (χ3n) is 7.94. The lowest BCUT2D eigenvalue weighted by Crippen LogP contribution is -2.45. The maximum atomic E-state index is 16.4. The Balaban J connectivity index is 1.82. The summed E-state index contributed by atoms with van der Waals surface area (Å²) in [5.41, 5.74) is 1.71. The van der Waals surface area contributed by atoms with Crippen molar-refractivity contribution in [3.8, 4) is 16.8 Å². The average Bonchev–Trinajstić information content (AvgIpc) is 3.53. The van der Waals surface area contributed by atoms with Gasteiger partial charge in [0.15, 0.2) is 5.82 Å². The number of aliphatic hydroxyl groups is 1. The fourth-order valence-corrected chi connectivity index (χ4v) is 6.12. The van der Waals surface area contributed by atoms with Crippen LogP contribution >= 0.6 is 0 Å². The Bertz CT molecular complexity index is 1740. The number of rotatable bonds is 5. The van der Waals surface area contributed by atoms with Gasteiger partial charge in [0.2, 0.25) is 0 Å². The number of benzene rings is 3. The molecule has 0 radical (unpaired) electrons. The number of nitrogens with one attached hydrogen (secondary N) is 1. The summed E-state index contributed by atoms with van der Waals surface area (Å²) in [4.78, 5) is 11.8. The third kappa shape index (κ3) is 3.84. The molecular formula is C30H27F2N3O4. The van der Waals surface area contributed by atoms with Crippen LogP contribution in [0.15, 0.2) is 54.7 Å². The van der Waals surface area contributed by atoms with E-state index in [1.165, 1.54) is 24.4 Å². The molecule has 2 heterocycles. The quantitative estimate of drug-likeness (QED) is 0.249. The van der Waals surface area contributed by atoms with E-state index in [1.807, 2.05) is 0 Å². The molecule has 1 unspecified atom stereocenters. The molecule has 7 nitrogen and oxygen atoms in total. The minimum Gasteiger partial charge on any atom is -0.478 e. The minimum atomic E-state index is -1.52. The van der Waals surface area contributed by atoms with Crippen molar-refractivity contribution < 1.29 is 28.5 Å². The normalized spacial score (nSPS) is 19.7. The number of hydrogen-bond acceptors (Lipinski definition) is 4. The minimum absolute atomic E-state index is 0.130. The summed E-state index contributed by atoms with van der Waals surface area (Å²) in [6.07, 6.45) is 3.50. The van der Waals surface area contributed by atoms with E-state index in [0.29, 0.717) is 51.8 Å². The summed E-state index contributed by atoms with van der Waals surface area (Å²) in [5, 5.41) is 29.6. The number of carboxylic acids is 1. The molecule has 39 heavy (non-hydrogen) atoms. The van der Waals surface area contributed by atoms with E-state index >= 15 is 4.39 Å². The van der Waals surface area contributed by atoms with Gasteiger partial charge >= 0.3 is 5.97 Å². The zero-order valence-corrected chi connectivity index (χ0v) is 21.5. The molecule has 200 valence electrons. The summed E-state index contributed by atoms with van der Waals surface area (Å²) >= 11 is 0. The first-order chi connectivity index (χ1) is 18.7. The van der Waals surface area contributed by atoms with E-state index < -0.39 is 29.3 Å². The molecule has 0 saturated heterocycles. The van der Waals surface area contributed by atoms with Crippen molar-refractivity contribution in [2.24, 2.45) is 0 Å². The van der Waals surface area contributed by atoms with Gasteiger partial charge in [0.05, 0.1) is 29.1 Å². The second-order valence-corrected chi connectivity index (χ2v) is 10.2. The third-order valence-corrected chi connectivity index (χ3v) is 7.94. The van der Waals surface area contributed by atoms with Gasteiger partial charge in [-0.15, -0.1) is 0 Å². The van der Waals surface area contributed by atoms with Crippen LogP contribution in [0.3, 0.4) is 0 Å². The smallest absolute Gasteiger partial charge is 0.335 e. The number of aryl methyl sites for hydroxylation is 1. The molecule has 2 atom stereocenters. The average molecular weight is 532 g/mol. The maximum absolute atomic E-state index is 16.4. The second kappa shape index (κ2) is 9.29. The fourth-order valence-electron chi connectivity index (χ4n) is 6.12. The van der Waals surface area contributed by atoms with Crippen LogP contribution in [0.2, 0.25) is 0 Å². The van der Waals surface area contributed by atoms with Crippen molar-refractivity contribution in [3.05, 3.63) is 83.2 Å². The van der Waals surface area contributed by atoms with Crippen molar-refractivity contribution in [1.29, 1.82) is 0 Å². The van der Waals surface area contributed by atoms with Crippen LogP contribution in [0.5, 0.6) is 0 Å². The van der Waals surface area contributed by atoms with Crippen molar-refractivity contribution in [3.63, 3.8) is 0 Å². The van der Waals surface area contributed by atoms with Crippen LogP contribution < -0.4 is 0 Å². The Labute approximate surface area is 222 Å². The van der Waals surface area contributed by atoms with Crippen LogP contribution in [-0.2, 0) is 10.3 Å². The monoisotopic (exact) mass is 531 g/mol. The number of carbonyl (C=O) groups is 1. The predicted octanol–water partition coefficient (Wildman–Crippen LogP) is 6.24. The summed E-state index contributed by atoms with van der Waals surface area (Å²) < 4.78 is 38.0. The van der Waals surface area contributed by atoms with Crippen LogP contribution in [-0.4, -0.2) is 44.2 Å². The lowest BCUT2D eigenvalue weighted by molar-refractivity contribution is -0.125. The Morgan fingerprint density at radius 2 is 1.92 bits per heavy atom. The van der Waals surface area contributed by atoms with Gasteiger partial charge in [0, 0.05) is 29.1 Å². The van der Waals surface area contributed by atoms with E-state index in [4.69, 9.17) is 4.74 Å². The maximum Gasteiger partial charge on any atom is 0.335 e. The zero-order valence-electron chi connectivity index (χ0n) is 21.5. The number of ether oxygens (including phenoxy) is 1. The van der Waals surface area contributed by atoms with Crippen molar-refractivity contribution in [2.45, 2.75) is 44.3 Å². The first kappa shape index (κ1) is 25.2. The highest BCUT2D eigenvalue weighted by Crippen LogP contribution is 2.49. The first-order valence-electron chi connectivity index (χ1n) is 12.8. The SMILES string of the molecule is CO[C@H]1CCCCC1(O)c1c(-c2ccc(C(=O)O)c(C)c2)c2c(F)c3[nH]ncc3cc2n1-c1ccc(F)cc1. The Morgan fingerprint density at radius 3 is 2.62 bits per heavy atom. The molecule has 1 aliphatic rings. The Morgan fingerprint density at radius 1 is 1.15 bits per heavy atom. The molecule has 6 rings (SSSR count). The van der Waals surface area contributed by atoms with Crippen molar-refractivity contribution >= 4 is 27.8 Å². The van der Waals surface area contributed by atoms with Gasteiger partial charge in [0.1, 0.15) is 16.9 Å². The Hall–Kier alpha value is -4.08. The van der Waals surface area contributed by atoms with Gasteiger partial charge in [0.25, 0.3) is 0 Å². The van der Waals surface area contributed by atoms with E-state index in [1.54, 1.807) is 48.9 Å². The molecule has 3 N–H and O–H groups in total. The number of hydrogen-bond donors (Lipinski definition) is 3. The molecule has 0 spiro atoms. The van der Waals surface area contributed by atoms with Gasteiger partial charge in [-0.25, -0.2) is 13.6 Å². The lowest BCUT2D eigenvalue weighted by Gasteiger charge is -2.40. The number of carboxylic acid groups (broad SMARTS) is 1. The number of methoxy groups -OCH3 is 1. The van der Waals surface area contributed by atoms with E-state index in [9.17, 15) is 19.4 Å². The molecule has 5 aromatic rings. The largest absolute Gasteiger partial charge is 0.478 e. The van der Waals surface area contributed by atoms with Gasteiger partial charge in [-0.1, -0.05) is 18.6 Å². The molecular weight excluding hydrogens is 504 g/mol. The van der Waals surface area contributed by atoms with E-state index in [2.05, 4.69) is 10.2 Å². The Kier molecular flexibility index (Phi) is 6.00.